The molecular weight excluding hydrogens is 268 g/mol. The second-order valence-electron chi connectivity index (χ2n) is 4.51. The molecule has 0 bridgehead atoms. The monoisotopic (exact) mass is 282 g/mol. The Morgan fingerprint density at radius 1 is 0.950 bits per heavy atom. The summed E-state index contributed by atoms with van der Waals surface area (Å²) in [7, 11) is 0. The number of rotatable bonds is 3. The normalized spacial score (nSPS) is 10.4. The molecule has 0 fully saturated rings. The molecule has 0 amide bonds. The predicted molar refractivity (Wildman–Crippen MR) is 83.2 cm³/mol. The molecule has 2 aromatic carbocycles. The molecule has 1 heterocycles. The Labute approximate surface area is 121 Å². The lowest BCUT2D eigenvalue weighted by molar-refractivity contribution is 0.482. The Hall–Kier alpha value is -2.33. The Morgan fingerprint density at radius 3 is 2.10 bits per heavy atom. The van der Waals surface area contributed by atoms with E-state index in [0.717, 1.165) is 22.8 Å². The summed E-state index contributed by atoms with van der Waals surface area (Å²) in [6, 6.07) is 15.8. The molecule has 0 aliphatic rings. The van der Waals surface area contributed by atoms with Crippen LogP contribution in [0.2, 0.25) is 0 Å². The maximum atomic E-state index is 5.79. The minimum Gasteiger partial charge on any atom is -0.457 e. The van der Waals surface area contributed by atoms with Crippen molar-refractivity contribution >= 4 is 16.5 Å². The van der Waals surface area contributed by atoms with Gasteiger partial charge in [-0.2, -0.15) is 0 Å². The Balaban J connectivity index is 1.77. The van der Waals surface area contributed by atoms with Crippen LogP contribution in [0.4, 0.5) is 5.13 Å². The maximum absolute atomic E-state index is 5.79. The largest absolute Gasteiger partial charge is 0.457 e. The summed E-state index contributed by atoms with van der Waals surface area (Å²) in [4.78, 5) is 4.26. The van der Waals surface area contributed by atoms with Gasteiger partial charge in [0, 0.05) is 10.9 Å². The summed E-state index contributed by atoms with van der Waals surface area (Å²) < 4.78 is 5.79. The first-order valence-corrected chi connectivity index (χ1v) is 7.15. The molecule has 1 aromatic heterocycles. The molecule has 0 atom stereocenters. The molecule has 2 N–H and O–H groups in total. The molecule has 0 saturated heterocycles. The van der Waals surface area contributed by atoms with Crippen LogP contribution in [0.25, 0.3) is 11.3 Å². The minimum atomic E-state index is 0.583. The number of hydrogen-bond acceptors (Lipinski definition) is 4. The fourth-order valence-electron chi connectivity index (χ4n) is 1.86. The van der Waals surface area contributed by atoms with E-state index in [1.165, 1.54) is 16.9 Å². The summed E-state index contributed by atoms with van der Waals surface area (Å²) in [5.74, 6) is 1.64. The first-order valence-electron chi connectivity index (χ1n) is 6.27. The number of aromatic nitrogens is 1. The summed E-state index contributed by atoms with van der Waals surface area (Å²) in [6.07, 6.45) is 0. The van der Waals surface area contributed by atoms with E-state index in [2.05, 4.69) is 11.9 Å². The molecule has 0 aliphatic heterocycles. The van der Waals surface area contributed by atoms with Gasteiger partial charge in [0.25, 0.3) is 0 Å². The van der Waals surface area contributed by atoms with Crippen LogP contribution in [0.1, 0.15) is 5.56 Å². The lowest BCUT2D eigenvalue weighted by atomic mass is 10.2. The molecule has 0 saturated carbocycles. The highest BCUT2D eigenvalue weighted by atomic mass is 32.1. The first kappa shape index (κ1) is 12.7. The van der Waals surface area contributed by atoms with Crippen molar-refractivity contribution < 1.29 is 4.74 Å². The number of hydrogen-bond donors (Lipinski definition) is 1. The molecule has 0 unspecified atom stereocenters. The number of benzene rings is 2. The third kappa shape index (κ3) is 2.81. The Kier molecular flexibility index (Phi) is 3.39. The van der Waals surface area contributed by atoms with E-state index in [9.17, 15) is 0 Å². The van der Waals surface area contributed by atoms with Gasteiger partial charge in [-0.15, -0.1) is 11.3 Å². The fraction of sp³-hybridized carbons (Fsp3) is 0.0625. The molecule has 0 aliphatic carbocycles. The van der Waals surface area contributed by atoms with Gasteiger partial charge in [0.1, 0.15) is 11.5 Å². The number of nitrogens with zero attached hydrogens (tertiary/aromatic N) is 1. The van der Waals surface area contributed by atoms with Crippen molar-refractivity contribution in [3.05, 3.63) is 59.5 Å². The molecule has 0 spiro atoms. The van der Waals surface area contributed by atoms with Gasteiger partial charge in [0.05, 0.1) is 5.69 Å². The van der Waals surface area contributed by atoms with Crippen LogP contribution >= 0.6 is 11.3 Å². The number of aryl methyl sites for hydroxylation is 1. The highest BCUT2D eigenvalue weighted by Crippen LogP contribution is 2.27. The van der Waals surface area contributed by atoms with Gasteiger partial charge >= 0.3 is 0 Å². The van der Waals surface area contributed by atoms with Crippen LogP contribution in [0.15, 0.2) is 53.9 Å². The van der Waals surface area contributed by atoms with E-state index in [1.807, 2.05) is 53.9 Å². The number of anilines is 1. The first-order chi connectivity index (χ1) is 9.70. The Morgan fingerprint density at radius 2 is 1.55 bits per heavy atom. The zero-order chi connectivity index (χ0) is 13.9. The topological polar surface area (TPSA) is 48.1 Å². The molecule has 100 valence electrons. The second kappa shape index (κ2) is 5.35. The van der Waals surface area contributed by atoms with E-state index < -0.39 is 0 Å². The lowest BCUT2D eigenvalue weighted by Gasteiger charge is -2.06. The number of nitrogen functional groups attached to an aromatic ring is 1. The SMILES string of the molecule is Cc1ccc(Oc2ccc(-c3csc(N)n3)cc2)cc1. The van der Waals surface area contributed by atoms with E-state index in [0.29, 0.717) is 5.13 Å². The molecule has 0 radical (unpaired) electrons. The van der Waals surface area contributed by atoms with Crippen LogP contribution in [0.5, 0.6) is 11.5 Å². The molecule has 3 aromatic rings. The predicted octanol–water partition coefficient (Wildman–Crippen LogP) is 4.49. The summed E-state index contributed by atoms with van der Waals surface area (Å²) in [6.45, 7) is 2.05. The average molecular weight is 282 g/mol. The quantitative estimate of drug-likeness (QED) is 0.769. The van der Waals surface area contributed by atoms with Gasteiger partial charge in [0.15, 0.2) is 5.13 Å². The van der Waals surface area contributed by atoms with Crippen LogP contribution in [0.3, 0.4) is 0 Å². The van der Waals surface area contributed by atoms with E-state index in [4.69, 9.17) is 10.5 Å². The third-order valence-corrected chi connectivity index (χ3v) is 3.60. The number of thiazole rings is 1. The molecule has 20 heavy (non-hydrogen) atoms. The average Bonchev–Trinajstić information content (AvgIpc) is 2.89. The summed E-state index contributed by atoms with van der Waals surface area (Å²) in [5, 5.41) is 2.53. The molecule has 4 heteroatoms. The maximum Gasteiger partial charge on any atom is 0.180 e. The molecule has 3 nitrogen and oxygen atoms in total. The van der Waals surface area contributed by atoms with E-state index in [1.54, 1.807) is 0 Å². The van der Waals surface area contributed by atoms with Crippen molar-refractivity contribution in [1.82, 2.24) is 4.98 Å². The standard InChI is InChI=1S/C16H14N2OS/c1-11-2-6-13(7-3-11)19-14-8-4-12(5-9-14)15-10-20-16(17)18-15/h2-10H,1H3,(H2,17,18). The van der Waals surface area contributed by atoms with Gasteiger partial charge in [-0.25, -0.2) is 4.98 Å². The van der Waals surface area contributed by atoms with Crippen LogP contribution in [-0.2, 0) is 0 Å². The highest BCUT2D eigenvalue weighted by molar-refractivity contribution is 7.13. The van der Waals surface area contributed by atoms with E-state index >= 15 is 0 Å². The molecule has 3 rings (SSSR count). The van der Waals surface area contributed by atoms with Gasteiger partial charge in [-0.05, 0) is 43.3 Å². The van der Waals surface area contributed by atoms with Crippen molar-refractivity contribution in [2.75, 3.05) is 5.73 Å². The van der Waals surface area contributed by atoms with Crippen LogP contribution in [-0.4, -0.2) is 4.98 Å². The van der Waals surface area contributed by atoms with Crippen molar-refractivity contribution in [2.45, 2.75) is 6.92 Å². The lowest BCUT2D eigenvalue weighted by Crippen LogP contribution is -1.85. The van der Waals surface area contributed by atoms with Gasteiger partial charge in [-0.1, -0.05) is 17.7 Å². The molecular formula is C16H14N2OS. The van der Waals surface area contributed by atoms with Gasteiger partial charge in [0.2, 0.25) is 0 Å². The zero-order valence-electron chi connectivity index (χ0n) is 11.0. The van der Waals surface area contributed by atoms with Crippen molar-refractivity contribution in [3.63, 3.8) is 0 Å². The highest BCUT2D eigenvalue weighted by Gasteiger charge is 2.03. The van der Waals surface area contributed by atoms with Gasteiger partial charge < -0.3 is 10.5 Å². The summed E-state index contributed by atoms with van der Waals surface area (Å²) >= 11 is 1.44. The van der Waals surface area contributed by atoms with Gasteiger partial charge in [-0.3, -0.25) is 0 Å². The minimum absolute atomic E-state index is 0.583. The van der Waals surface area contributed by atoms with Crippen LogP contribution < -0.4 is 10.5 Å². The van der Waals surface area contributed by atoms with E-state index in [-0.39, 0.29) is 0 Å². The van der Waals surface area contributed by atoms with Crippen molar-refractivity contribution in [2.24, 2.45) is 0 Å². The smallest absolute Gasteiger partial charge is 0.180 e. The number of nitrogens with two attached hydrogens (primary N) is 1. The zero-order valence-corrected chi connectivity index (χ0v) is 11.9. The van der Waals surface area contributed by atoms with Crippen molar-refractivity contribution in [3.8, 4) is 22.8 Å². The third-order valence-electron chi connectivity index (χ3n) is 2.93. The van der Waals surface area contributed by atoms with Crippen molar-refractivity contribution in [1.29, 1.82) is 0 Å². The number of ether oxygens (including phenoxy) is 1. The second-order valence-corrected chi connectivity index (χ2v) is 5.40. The van der Waals surface area contributed by atoms with Crippen LogP contribution in [0, 0.1) is 6.92 Å². The Bertz CT molecular complexity index is 702. The summed E-state index contributed by atoms with van der Waals surface area (Å²) in [5.41, 5.74) is 8.79. The fourth-order valence-corrected chi connectivity index (χ4v) is 2.43.